The van der Waals surface area contributed by atoms with E-state index in [1.807, 2.05) is 6.07 Å². The van der Waals surface area contributed by atoms with Crippen LogP contribution in [0, 0.1) is 0 Å². The van der Waals surface area contributed by atoms with Gasteiger partial charge in [0.15, 0.2) is 0 Å². The Labute approximate surface area is 88.6 Å². The standard InChI is InChI=1S/C11H16O2S/c1-4-7(3)10-8(5-2)6-9(14-10)11(12)13/h6-7H,4-5H2,1-3H3,(H,12,13)/t7-/m1/s1. The highest BCUT2D eigenvalue weighted by atomic mass is 32.1. The molecule has 0 saturated heterocycles. The van der Waals surface area contributed by atoms with Crippen LogP contribution in [0.25, 0.3) is 0 Å². The van der Waals surface area contributed by atoms with Gasteiger partial charge in [-0.1, -0.05) is 20.8 Å². The summed E-state index contributed by atoms with van der Waals surface area (Å²) in [7, 11) is 0. The molecule has 1 heterocycles. The molecule has 0 fully saturated rings. The predicted molar refractivity (Wildman–Crippen MR) is 59.4 cm³/mol. The Hall–Kier alpha value is -0.830. The normalized spacial score (nSPS) is 12.8. The summed E-state index contributed by atoms with van der Waals surface area (Å²) in [4.78, 5) is 12.5. The number of aromatic carboxylic acids is 1. The third-order valence-corrected chi connectivity index (χ3v) is 3.89. The quantitative estimate of drug-likeness (QED) is 0.829. The molecule has 0 spiro atoms. The molecule has 0 saturated carbocycles. The van der Waals surface area contributed by atoms with Crippen molar-refractivity contribution in [3.8, 4) is 0 Å². The maximum atomic E-state index is 10.8. The van der Waals surface area contributed by atoms with Crippen molar-refractivity contribution in [3.05, 3.63) is 21.4 Å². The van der Waals surface area contributed by atoms with Gasteiger partial charge in [0.2, 0.25) is 0 Å². The lowest BCUT2D eigenvalue weighted by Crippen LogP contribution is -1.91. The SMILES string of the molecule is CCc1cc(C(=O)O)sc1[C@H](C)CC. The van der Waals surface area contributed by atoms with Crippen molar-refractivity contribution in [2.75, 3.05) is 0 Å². The van der Waals surface area contributed by atoms with Gasteiger partial charge in [0.25, 0.3) is 0 Å². The molecule has 0 aliphatic heterocycles. The van der Waals surface area contributed by atoms with E-state index in [9.17, 15) is 4.79 Å². The topological polar surface area (TPSA) is 37.3 Å². The van der Waals surface area contributed by atoms with E-state index in [4.69, 9.17) is 5.11 Å². The summed E-state index contributed by atoms with van der Waals surface area (Å²) in [6.45, 7) is 6.35. The van der Waals surface area contributed by atoms with Crippen LogP contribution in [0.4, 0.5) is 0 Å². The zero-order valence-corrected chi connectivity index (χ0v) is 9.65. The molecular weight excluding hydrogens is 196 g/mol. The second-order valence-electron chi connectivity index (χ2n) is 3.47. The zero-order chi connectivity index (χ0) is 10.7. The van der Waals surface area contributed by atoms with Crippen molar-refractivity contribution < 1.29 is 9.90 Å². The van der Waals surface area contributed by atoms with Gasteiger partial charge in [-0.3, -0.25) is 0 Å². The highest BCUT2D eigenvalue weighted by Gasteiger charge is 2.15. The summed E-state index contributed by atoms with van der Waals surface area (Å²) in [5, 5.41) is 8.88. The molecule has 0 radical (unpaired) electrons. The minimum Gasteiger partial charge on any atom is -0.477 e. The van der Waals surface area contributed by atoms with Crippen LogP contribution in [0.1, 0.15) is 53.2 Å². The van der Waals surface area contributed by atoms with Crippen molar-refractivity contribution in [2.45, 2.75) is 39.5 Å². The largest absolute Gasteiger partial charge is 0.477 e. The molecule has 0 aliphatic rings. The molecule has 1 rings (SSSR count). The molecule has 1 N–H and O–H groups in total. The van der Waals surface area contributed by atoms with Crippen LogP contribution in [0.2, 0.25) is 0 Å². The van der Waals surface area contributed by atoms with E-state index in [0.717, 1.165) is 12.8 Å². The lowest BCUT2D eigenvalue weighted by Gasteiger charge is -2.07. The van der Waals surface area contributed by atoms with E-state index < -0.39 is 5.97 Å². The van der Waals surface area contributed by atoms with Gasteiger partial charge in [0.05, 0.1) is 0 Å². The maximum absolute atomic E-state index is 10.8. The van der Waals surface area contributed by atoms with Crippen molar-refractivity contribution in [1.29, 1.82) is 0 Å². The number of hydrogen-bond donors (Lipinski definition) is 1. The molecular formula is C11H16O2S. The van der Waals surface area contributed by atoms with Crippen LogP contribution in [-0.4, -0.2) is 11.1 Å². The smallest absolute Gasteiger partial charge is 0.345 e. The second-order valence-corrected chi connectivity index (χ2v) is 4.55. The summed E-state index contributed by atoms with van der Waals surface area (Å²) >= 11 is 1.43. The Bertz CT molecular complexity index is 328. The number of carboxylic acid groups (broad SMARTS) is 1. The Kier molecular flexibility index (Phi) is 3.69. The van der Waals surface area contributed by atoms with Gasteiger partial charge < -0.3 is 5.11 Å². The Balaban J connectivity index is 3.08. The van der Waals surface area contributed by atoms with E-state index in [1.165, 1.54) is 21.8 Å². The molecule has 2 nitrogen and oxygen atoms in total. The number of rotatable bonds is 4. The van der Waals surface area contributed by atoms with Gasteiger partial charge >= 0.3 is 5.97 Å². The first kappa shape index (κ1) is 11.2. The third-order valence-electron chi connectivity index (χ3n) is 2.49. The molecule has 78 valence electrons. The fourth-order valence-electron chi connectivity index (χ4n) is 1.43. The van der Waals surface area contributed by atoms with Crippen molar-refractivity contribution >= 4 is 17.3 Å². The lowest BCUT2D eigenvalue weighted by atomic mass is 10.0. The third kappa shape index (κ3) is 2.15. The van der Waals surface area contributed by atoms with Crippen LogP contribution in [0.15, 0.2) is 6.07 Å². The van der Waals surface area contributed by atoms with Gasteiger partial charge in [-0.05, 0) is 30.4 Å². The molecule has 0 amide bonds. The first-order valence-electron chi connectivity index (χ1n) is 4.96. The molecule has 0 aliphatic carbocycles. The zero-order valence-electron chi connectivity index (χ0n) is 8.83. The predicted octanol–water partition coefficient (Wildman–Crippen LogP) is 3.52. The molecule has 0 aromatic carbocycles. The molecule has 1 aromatic heterocycles. The van der Waals surface area contributed by atoms with Crippen LogP contribution in [0.3, 0.4) is 0 Å². The molecule has 0 unspecified atom stereocenters. The van der Waals surface area contributed by atoms with Crippen LogP contribution >= 0.6 is 11.3 Å². The molecule has 1 atom stereocenters. The van der Waals surface area contributed by atoms with Crippen LogP contribution in [0.5, 0.6) is 0 Å². The van der Waals surface area contributed by atoms with Crippen molar-refractivity contribution in [3.63, 3.8) is 0 Å². The van der Waals surface area contributed by atoms with Gasteiger partial charge in [-0.15, -0.1) is 11.3 Å². The van der Waals surface area contributed by atoms with E-state index in [0.29, 0.717) is 10.8 Å². The van der Waals surface area contributed by atoms with E-state index >= 15 is 0 Å². The number of thiophene rings is 1. The minimum absolute atomic E-state index is 0.470. The number of aryl methyl sites for hydroxylation is 1. The summed E-state index contributed by atoms with van der Waals surface area (Å²) in [5.41, 5.74) is 1.20. The maximum Gasteiger partial charge on any atom is 0.345 e. The van der Waals surface area contributed by atoms with Gasteiger partial charge in [-0.25, -0.2) is 4.79 Å². The minimum atomic E-state index is -0.806. The highest BCUT2D eigenvalue weighted by molar-refractivity contribution is 7.14. The van der Waals surface area contributed by atoms with E-state index in [1.54, 1.807) is 0 Å². The first-order chi connectivity index (χ1) is 6.60. The van der Waals surface area contributed by atoms with E-state index in [-0.39, 0.29) is 0 Å². The van der Waals surface area contributed by atoms with Gasteiger partial charge in [-0.2, -0.15) is 0 Å². The number of carboxylic acids is 1. The highest BCUT2D eigenvalue weighted by Crippen LogP contribution is 2.31. The van der Waals surface area contributed by atoms with Crippen LogP contribution < -0.4 is 0 Å². The average Bonchev–Trinajstić information content (AvgIpc) is 2.60. The van der Waals surface area contributed by atoms with Crippen LogP contribution in [-0.2, 0) is 6.42 Å². The monoisotopic (exact) mass is 212 g/mol. The lowest BCUT2D eigenvalue weighted by molar-refractivity contribution is 0.0702. The van der Waals surface area contributed by atoms with Gasteiger partial charge in [0, 0.05) is 4.88 Å². The average molecular weight is 212 g/mol. The second kappa shape index (κ2) is 4.60. The fourth-order valence-corrected chi connectivity index (χ4v) is 2.65. The summed E-state index contributed by atoms with van der Waals surface area (Å²) < 4.78 is 0. The molecule has 14 heavy (non-hydrogen) atoms. The Morgan fingerprint density at radius 2 is 2.21 bits per heavy atom. The number of hydrogen-bond acceptors (Lipinski definition) is 2. The Morgan fingerprint density at radius 3 is 2.64 bits per heavy atom. The molecule has 0 bridgehead atoms. The first-order valence-corrected chi connectivity index (χ1v) is 5.77. The van der Waals surface area contributed by atoms with E-state index in [2.05, 4.69) is 20.8 Å². The molecule has 1 aromatic rings. The fraction of sp³-hybridized carbons (Fsp3) is 0.545. The summed E-state index contributed by atoms with van der Waals surface area (Å²) in [5.74, 6) is -0.331. The number of carbonyl (C=O) groups is 1. The Morgan fingerprint density at radius 1 is 1.57 bits per heavy atom. The van der Waals surface area contributed by atoms with Gasteiger partial charge in [0.1, 0.15) is 4.88 Å². The summed E-state index contributed by atoms with van der Waals surface area (Å²) in [6, 6.07) is 1.81. The van der Waals surface area contributed by atoms with Crippen molar-refractivity contribution in [2.24, 2.45) is 0 Å². The summed E-state index contributed by atoms with van der Waals surface area (Å²) in [6.07, 6.45) is 1.98. The van der Waals surface area contributed by atoms with Crippen molar-refractivity contribution in [1.82, 2.24) is 0 Å². The molecule has 3 heteroatoms.